The summed E-state index contributed by atoms with van der Waals surface area (Å²) in [4.78, 5) is 22.4. The third-order valence-corrected chi connectivity index (χ3v) is 7.82. The summed E-state index contributed by atoms with van der Waals surface area (Å²) in [5, 5.41) is 7.40. The molecule has 0 spiro atoms. The molecule has 2 atom stereocenters. The fraction of sp³-hybridized carbons (Fsp3) is 0.852. The molecular weight excluding hydrogens is 468 g/mol. The molecule has 0 heterocycles. The lowest BCUT2D eigenvalue weighted by Gasteiger charge is -2.23. The molecule has 0 saturated heterocycles. The number of carbonyl (C=O) groups excluding carboxylic acids is 1. The highest BCUT2D eigenvalue weighted by molar-refractivity contribution is 7.86. The van der Waals surface area contributed by atoms with E-state index in [4.69, 9.17) is 9.84 Å². The molecule has 0 aromatic heterocycles. The number of carboxylic acids is 1. The molecule has 0 rings (SSSR count). The van der Waals surface area contributed by atoms with E-state index >= 15 is 0 Å². The molecule has 0 aliphatic carbocycles. The van der Waals surface area contributed by atoms with E-state index in [1.807, 2.05) is 0 Å². The Balaban J connectivity index is 3.96. The minimum Gasteiger partial charge on any atom is -0.478 e. The molecule has 2 unspecified atom stereocenters. The van der Waals surface area contributed by atoms with Crippen molar-refractivity contribution in [1.82, 2.24) is 0 Å². The van der Waals surface area contributed by atoms with Gasteiger partial charge in [0.25, 0.3) is 10.1 Å². The van der Waals surface area contributed by atoms with Crippen molar-refractivity contribution in [2.24, 2.45) is 0 Å². The van der Waals surface area contributed by atoms with Gasteiger partial charge in [0.05, 0.1) is 0 Å². The largest absolute Gasteiger partial charge is 0.478 e. The van der Waals surface area contributed by atoms with Crippen LogP contribution in [0.3, 0.4) is 0 Å². The Kier molecular flexibility index (Phi) is 21.0. The minimum absolute atomic E-state index is 0.0956. The van der Waals surface area contributed by atoms with Crippen LogP contribution in [0.4, 0.5) is 0 Å². The highest BCUT2D eigenvalue weighted by Gasteiger charge is 2.33. The van der Waals surface area contributed by atoms with Crippen molar-refractivity contribution in [1.29, 1.82) is 0 Å². The first-order valence-corrected chi connectivity index (χ1v) is 15.3. The van der Waals surface area contributed by atoms with E-state index < -0.39 is 33.4 Å². The predicted molar refractivity (Wildman–Crippen MR) is 141 cm³/mol. The van der Waals surface area contributed by atoms with Crippen LogP contribution in [0.25, 0.3) is 0 Å². The zero-order valence-electron chi connectivity index (χ0n) is 22.1. The van der Waals surface area contributed by atoms with Crippen molar-refractivity contribution in [3.63, 3.8) is 0 Å². The van der Waals surface area contributed by atoms with Gasteiger partial charge in [0.2, 0.25) is 0 Å². The fourth-order valence-corrected chi connectivity index (χ4v) is 5.38. The van der Waals surface area contributed by atoms with E-state index in [0.717, 1.165) is 25.3 Å². The Morgan fingerprint density at radius 2 is 1.11 bits per heavy atom. The van der Waals surface area contributed by atoms with Gasteiger partial charge >= 0.3 is 11.9 Å². The molecule has 0 amide bonds. The summed E-state index contributed by atoms with van der Waals surface area (Å²) in [6.07, 6.45) is 21.8. The normalized spacial score (nSPS) is 13.7. The van der Waals surface area contributed by atoms with Crippen LogP contribution >= 0.6 is 0 Å². The van der Waals surface area contributed by atoms with E-state index in [-0.39, 0.29) is 6.42 Å². The fourth-order valence-electron chi connectivity index (χ4n) is 4.38. The van der Waals surface area contributed by atoms with Gasteiger partial charge < -0.3 is 9.84 Å². The highest BCUT2D eigenvalue weighted by atomic mass is 32.2. The van der Waals surface area contributed by atoms with Gasteiger partial charge in [-0.05, 0) is 19.3 Å². The minimum atomic E-state index is -4.38. The van der Waals surface area contributed by atoms with Gasteiger partial charge in [0, 0.05) is 12.2 Å². The second kappa shape index (κ2) is 21.8. The number of aliphatic carboxylic acids is 1. The van der Waals surface area contributed by atoms with Crippen molar-refractivity contribution >= 4 is 22.1 Å². The van der Waals surface area contributed by atoms with Crippen molar-refractivity contribution in [3.8, 4) is 0 Å². The molecule has 206 valence electrons. The van der Waals surface area contributed by atoms with Crippen molar-refractivity contribution in [2.45, 2.75) is 147 Å². The van der Waals surface area contributed by atoms with Gasteiger partial charge in [-0.25, -0.2) is 9.59 Å². The maximum atomic E-state index is 11.8. The molecule has 0 aliphatic rings. The zero-order chi connectivity index (χ0) is 26.4. The lowest BCUT2D eigenvalue weighted by molar-refractivity contribution is -0.144. The van der Waals surface area contributed by atoms with E-state index in [0.29, 0.717) is 18.9 Å². The molecule has 0 radical (unpaired) electrons. The summed E-state index contributed by atoms with van der Waals surface area (Å²) in [7, 11) is -4.38. The smallest absolute Gasteiger partial charge is 0.331 e. The maximum Gasteiger partial charge on any atom is 0.331 e. The topological polar surface area (TPSA) is 118 Å². The van der Waals surface area contributed by atoms with Crippen LogP contribution in [-0.4, -0.2) is 41.4 Å². The quantitative estimate of drug-likeness (QED) is 0.0598. The first-order valence-electron chi connectivity index (χ1n) is 13.8. The van der Waals surface area contributed by atoms with Crippen LogP contribution in [0.2, 0.25) is 0 Å². The summed E-state index contributed by atoms with van der Waals surface area (Å²) >= 11 is 0. The summed E-state index contributed by atoms with van der Waals surface area (Å²) < 4.78 is 38.0. The van der Waals surface area contributed by atoms with Crippen LogP contribution in [0.15, 0.2) is 12.2 Å². The number of hydrogen-bond donors (Lipinski definition) is 2. The van der Waals surface area contributed by atoms with Gasteiger partial charge in [0.1, 0.15) is 11.4 Å². The molecule has 7 nitrogen and oxygen atoms in total. The first kappa shape index (κ1) is 33.6. The first-order chi connectivity index (χ1) is 16.7. The average Bonchev–Trinajstić information content (AvgIpc) is 2.79. The number of ether oxygens (including phenoxy) is 1. The molecule has 0 aliphatic heterocycles. The van der Waals surface area contributed by atoms with E-state index in [2.05, 4.69) is 6.92 Å². The van der Waals surface area contributed by atoms with E-state index in [1.54, 1.807) is 6.92 Å². The number of esters is 1. The molecule has 8 heteroatoms. The van der Waals surface area contributed by atoms with E-state index in [1.165, 1.54) is 83.5 Å². The third kappa shape index (κ3) is 20.5. The van der Waals surface area contributed by atoms with Crippen LogP contribution in [0.1, 0.15) is 136 Å². The lowest BCUT2D eigenvalue weighted by Crippen LogP contribution is -2.36. The third-order valence-electron chi connectivity index (χ3n) is 6.42. The van der Waals surface area contributed by atoms with Crippen molar-refractivity contribution in [3.05, 3.63) is 12.2 Å². The summed E-state index contributed by atoms with van der Waals surface area (Å²) in [5.74, 6) is -2.22. The number of carboxylic acid groups (broad SMARTS) is 1. The molecule has 0 aromatic carbocycles. The number of hydrogen-bond acceptors (Lipinski definition) is 5. The van der Waals surface area contributed by atoms with E-state index in [9.17, 15) is 22.6 Å². The summed E-state index contributed by atoms with van der Waals surface area (Å²) in [6.45, 7) is 3.85. The Bertz CT molecular complexity index is 673. The molecule has 2 N–H and O–H groups in total. The van der Waals surface area contributed by atoms with Gasteiger partial charge in [0.15, 0.2) is 0 Å². The molecule has 0 fully saturated rings. The molecular formula is C27H50O7S. The van der Waals surface area contributed by atoms with Crippen LogP contribution in [0.5, 0.6) is 0 Å². The highest BCUT2D eigenvalue weighted by Crippen LogP contribution is 2.20. The Morgan fingerprint density at radius 3 is 1.46 bits per heavy atom. The van der Waals surface area contributed by atoms with Crippen molar-refractivity contribution < 1.29 is 32.4 Å². The number of carbonyl (C=O) groups is 2. The zero-order valence-corrected chi connectivity index (χ0v) is 22.9. The van der Waals surface area contributed by atoms with Gasteiger partial charge in [-0.1, -0.05) is 117 Å². The molecule has 35 heavy (non-hydrogen) atoms. The maximum absolute atomic E-state index is 11.8. The van der Waals surface area contributed by atoms with Gasteiger partial charge in [-0.2, -0.15) is 8.42 Å². The van der Waals surface area contributed by atoms with Crippen LogP contribution in [-0.2, 0) is 24.4 Å². The predicted octanol–water partition coefficient (Wildman–Crippen LogP) is 7.25. The Labute approximate surface area is 213 Å². The SMILES string of the molecule is CCCCCCCCCCCCCCCCCCCC(OC(=O)/C=C\C(=O)O)C(CC)S(=O)(=O)O. The van der Waals surface area contributed by atoms with Crippen LogP contribution in [0, 0.1) is 0 Å². The summed E-state index contributed by atoms with van der Waals surface area (Å²) in [5.41, 5.74) is 0. The lowest BCUT2D eigenvalue weighted by atomic mass is 10.0. The second-order valence-electron chi connectivity index (χ2n) is 9.55. The van der Waals surface area contributed by atoms with Crippen LogP contribution < -0.4 is 0 Å². The van der Waals surface area contributed by atoms with Gasteiger partial charge in [-0.15, -0.1) is 0 Å². The van der Waals surface area contributed by atoms with Gasteiger partial charge in [-0.3, -0.25) is 4.55 Å². The Morgan fingerprint density at radius 1 is 0.714 bits per heavy atom. The second-order valence-corrected chi connectivity index (χ2v) is 11.2. The molecule has 0 bridgehead atoms. The van der Waals surface area contributed by atoms with Crippen molar-refractivity contribution in [2.75, 3.05) is 0 Å². The monoisotopic (exact) mass is 518 g/mol. The number of unbranched alkanes of at least 4 members (excludes halogenated alkanes) is 16. The average molecular weight is 519 g/mol. The molecule has 0 saturated carbocycles. The standard InChI is InChI=1S/C27H50O7S/c1-3-5-6-7-8-9-10-11-12-13-14-15-16-17-18-19-20-21-24(25(4-2)35(31,32)33)34-27(30)23-22-26(28)29/h22-25H,3-21H2,1-2H3,(H,28,29)(H,31,32,33)/b23-22-. The summed E-state index contributed by atoms with van der Waals surface area (Å²) in [6, 6.07) is 0. The Hall–Kier alpha value is -1.41. The number of rotatable bonds is 24. The molecule has 0 aromatic rings.